The fourth-order valence-corrected chi connectivity index (χ4v) is 1.65. The average Bonchev–Trinajstić information content (AvgIpc) is 1.54. The molecule has 0 atom stereocenters. The Morgan fingerprint density at radius 2 is 1.70 bits per heavy atom. The Kier molecular flexibility index (Phi) is 1.69. The van der Waals surface area contributed by atoms with Crippen molar-refractivity contribution in [1.82, 2.24) is 0 Å². The SMILES string of the molecule is CC1=CC(C)(N)C=C(C)C1. The van der Waals surface area contributed by atoms with Gasteiger partial charge in [0.05, 0.1) is 5.54 Å². The lowest BCUT2D eigenvalue weighted by atomic mass is 9.89. The Morgan fingerprint density at radius 1 is 1.30 bits per heavy atom. The van der Waals surface area contributed by atoms with Gasteiger partial charge in [0.2, 0.25) is 0 Å². The van der Waals surface area contributed by atoms with Gasteiger partial charge < -0.3 is 5.73 Å². The van der Waals surface area contributed by atoms with E-state index in [4.69, 9.17) is 5.73 Å². The van der Waals surface area contributed by atoms with Gasteiger partial charge in [0.15, 0.2) is 0 Å². The Bertz CT molecular complexity index is 177. The van der Waals surface area contributed by atoms with Gasteiger partial charge in [0.1, 0.15) is 0 Å². The zero-order chi connectivity index (χ0) is 7.78. The summed E-state index contributed by atoms with van der Waals surface area (Å²) in [5, 5.41) is 0. The standard InChI is InChI=1S/C9H15N/c1-7-4-8(2)6-9(3,10)5-7/h5-6H,4,10H2,1-3H3. The van der Waals surface area contributed by atoms with Gasteiger partial charge in [0, 0.05) is 0 Å². The fraction of sp³-hybridized carbons (Fsp3) is 0.556. The van der Waals surface area contributed by atoms with Crippen LogP contribution in [0.15, 0.2) is 23.3 Å². The molecule has 1 nitrogen and oxygen atoms in total. The summed E-state index contributed by atoms with van der Waals surface area (Å²) in [6, 6.07) is 0. The molecule has 1 rings (SSSR count). The van der Waals surface area contributed by atoms with Crippen molar-refractivity contribution in [2.24, 2.45) is 5.73 Å². The molecule has 0 radical (unpaired) electrons. The molecule has 0 heterocycles. The zero-order valence-corrected chi connectivity index (χ0v) is 6.94. The molecule has 0 amide bonds. The first-order chi connectivity index (χ1) is 4.49. The molecule has 0 aromatic carbocycles. The summed E-state index contributed by atoms with van der Waals surface area (Å²) in [7, 11) is 0. The van der Waals surface area contributed by atoms with Crippen molar-refractivity contribution in [3.8, 4) is 0 Å². The Balaban J connectivity index is 2.88. The van der Waals surface area contributed by atoms with E-state index < -0.39 is 0 Å². The van der Waals surface area contributed by atoms with Gasteiger partial charge in [-0.05, 0) is 27.2 Å². The second kappa shape index (κ2) is 2.24. The molecule has 0 aromatic heterocycles. The maximum Gasteiger partial charge on any atom is 0.0501 e. The van der Waals surface area contributed by atoms with Crippen LogP contribution in [-0.4, -0.2) is 5.54 Å². The van der Waals surface area contributed by atoms with Crippen LogP contribution in [0.2, 0.25) is 0 Å². The fourth-order valence-electron chi connectivity index (χ4n) is 1.65. The number of allylic oxidation sites excluding steroid dienone is 2. The molecule has 0 aromatic rings. The van der Waals surface area contributed by atoms with Crippen molar-refractivity contribution >= 4 is 0 Å². The number of hydrogen-bond donors (Lipinski definition) is 1. The third-order valence-electron chi connectivity index (χ3n) is 1.67. The minimum absolute atomic E-state index is 0.202. The Hall–Kier alpha value is -0.560. The smallest absolute Gasteiger partial charge is 0.0501 e. The topological polar surface area (TPSA) is 26.0 Å². The second-order valence-electron chi connectivity index (χ2n) is 3.52. The van der Waals surface area contributed by atoms with E-state index in [1.807, 2.05) is 6.92 Å². The largest absolute Gasteiger partial charge is 0.319 e. The van der Waals surface area contributed by atoms with E-state index in [0.29, 0.717) is 0 Å². The molecular formula is C9H15N. The van der Waals surface area contributed by atoms with E-state index in [0.717, 1.165) is 6.42 Å². The van der Waals surface area contributed by atoms with Crippen molar-refractivity contribution in [1.29, 1.82) is 0 Å². The lowest BCUT2D eigenvalue weighted by molar-refractivity contribution is 0.700. The lowest BCUT2D eigenvalue weighted by Gasteiger charge is -2.23. The van der Waals surface area contributed by atoms with Crippen molar-refractivity contribution < 1.29 is 0 Å². The van der Waals surface area contributed by atoms with Crippen LogP contribution < -0.4 is 5.73 Å². The van der Waals surface area contributed by atoms with Gasteiger partial charge in [-0.15, -0.1) is 0 Å². The molecule has 0 fully saturated rings. The summed E-state index contributed by atoms with van der Waals surface area (Å²) in [6.07, 6.45) is 5.34. The van der Waals surface area contributed by atoms with Gasteiger partial charge in [-0.1, -0.05) is 23.3 Å². The quantitative estimate of drug-likeness (QED) is 0.508. The summed E-state index contributed by atoms with van der Waals surface area (Å²) in [5.74, 6) is 0. The van der Waals surface area contributed by atoms with E-state index in [1.54, 1.807) is 0 Å². The monoisotopic (exact) mass is 137 g/mol. The predicted octanol–water partition coefficient (Wildman–Crippen LogP) is 2.00. The van der Waals surface area contributed by atoms with Crippen LogP contribution >= 0.6 is 0 Å². The summed E-state index contributed by atoms with van der Waals surface area (Å²) >= 11 is 0. The molecular weight excluding hydrogens is 122 g/mol. The van der Waals surface area contributed by atoms with Gasteiger partial charge in [-0.2, -0.15) is 0 Å². The highest BCUT2D eigenvalue weighted by molar-refractivity contribution is 5.30. The molecule has 1 aliphatic rings. The normalized spacial score (nSPS) is 23.6. The van der Waals surface area contributed by atoms with Crippen LogP contribution in [0.4, 0.5) is 0 Å². The molecule has 0 spiro atoms. The highest BCUT2D eigenvalue weighted by Crippen LogP contribution is 2.22. The van der Waals surface area contributed by atoms with Crippen molar-refractivity contribution in [2.75, 3.05) is 0 Å². The molecule has 0 saturated carbocycles. The second-order valence-corrected chi connectivity index (χ2v) is 3.52. The molecule has 0 saturated heterocycles. The molecule has 2 N–H and O–H groups in total. The van der Waals surface area contributed by atoms with E-state index in [2.05, 4.69) is 26.0 Å². The number of rotatable bonds is 0. The highest BCUT2D eigenvalue weighted by Gasteiger charge is 2.15. The van der Waals surface area contributed by atoms with Crippen LogP contribution in [-0.2, 0) is 0 Å². The van der Waals surface area contributed by atoms with Gasteiger partial charge in [0.25, 0.3) is 0 Å². The van der Waals surface area contributed by atoms with Crippen molar-refractivity contribution in [3.63, 3.8) is 0 Å². The van der Waals surface area contributed by atoms with Gasteiger partial charge in [-0.25, -0.2) is 0 Å². The van der Waals surface area contributed by atoms with Crippen LogP contribution in [0.25, 0.3) is 0 Å². The maximum atomic E-state index is 5.91. The van der Waals surface area contributed by atoms with Crippen LogP contribution in [0, 0.1) is 0 Å². The molecule has 0 bridgehead atoms. The van der Waals surface area contributed by atoms with Crippen LogP contribution in [0.5, 0.6) is 0 Å². The molecule has 10 heavy (non-hydrogen) atoms. The van der Waals surface area contributed by atoms with Crippen LogP contribution in [0.3, 0.4) is 0 Å². The minimum Gasteiger partial charge on any atom is -0.319 e. The highest BCUT2D eigenvalue weighted by atomic mass is 14.7. The zero-order valence-electron chi connectivity index (χ0n) is 6.94. The third kappa shape index (κ3) is 1.71. The van der Waals surface area contributed by atoms with Gasteiger partial charge >= 0.3 is 0 Å². The van der Waals surface area contributed by atoms with Crippen LogP contribution in [0.1, 0.15) is 27.2 Å². The van der Waals surface area contributed by atoms with E-state index in [1.165, 1.54) is 11.1 Å². The van der Waals surface area contributed by atoms with E-state index >= 15 is 0 Å². The predicted molar refractivity (Wildman–Crippen MR) is 44.7 cm³/mol. The average molecular weight is 137 g/mol. The minimum atomic E-state index is -0.202. The summed E-state index contributed by atoms with van der Waals surface area (Å²) < 4.78 is 0. The third-order valence-corrected chi connectivity index (χ3v) is 1.67. The van der Waals surface area contributed by atoms with Gasteiger partial charge in [-0.3, -0.25) is 0 Å². The molecule has 1 aliphatic carbocycles. The van der Waals surface area contributed by atoms with Crippen molar-refractivity contribution in [2.45, 2.75) is 32.7 Å². The van der Waals surface area contributed by atoms with E-state index in [-0.39, 0.29) is 5.54 Å². The van der Waals surface area contributed by atoms with Crippen molar-refractivity contribution in [3.05, 3.63) is 23.3 Å². The Labute approximate surface area is 62.6 Å². The first-order valence-electron chi connectivity index (χ1n) is 3.65. The number of hydrogen-bond acceptors (Lipinski definition) is 1. The van der Waals surface area contributed by atoms with E-state index in [9.17, 15) is 0 Å². The molecule has 0 unspecified atom stereocenters. The maximum absolute atomic E-state index is 5.91. The summed E-state index contributed by atoms with van der Waals surface area (Å²) in [6.45, 7) is 6.28. The number of nitrogens with two attached hydrogens (primary N) is 1. The molecule has 0 aliphatic heterocycles. The summed E-state index contributed by atoms with van der Waals surface area (Å²) in [4.78, 5) is 0. The first kappa shape index (κ1) is 7.55. The molecule has 56 valence electrons. The Morgan fingerprint density at radius 3 is 2.00 bits per heavy atom. The lowest BCUT2D eigenvalue weighted by Crippen LogP contribution is -2.33. The summed E-state index contributed by atoms with van der Waals surface area (Å²) in [5.41, 5.74) is 8.46. The first-order valence-corrected chi connectivity index (χ1v) is 3.65. The molecule has 1 heteroatoms.